The summed E-state index contributed by atoms with van der Waals surface area (Å²) >= 11 is 0. The molecule has 1 atom stereocenters. The van der Waals surface area contributed by atoms with Crippen molar-refractivity contribution in [2.45, 2.75) is 25.1 Å². The lowest BCUT2D eigenvalue weighted by Crippen LogP contribution is -2.45. The summed E-state index contributed by atoms with van der Waals surface area (Å²) in [5.41, 5.74) is 5.58. The highest BCUT2D eigenvalue weighted by molar-refractivity contribution is 5.12. The van der Waals surface area contributed by atoms with Crippen molar-refractivity contribution in [2.75, 3.05) is 13.6 Å². The van der Waals surface area contributed by atoms with Gasteiger partial charge < -0.3 is 5.73 Å². The summed E-state index contributed by atoms with van der Waals surface area (Å²) in [6.45, 7) is -1.00. The number of likely N-dealkylation sites (N-methyl/N-ethyl adjacent to an activating group) is 1. The molecule has 2 N–H and O–H groups in total. The second kappa shape index (κ2) is 3.30. The van der Waals surface area contributed by atoms with E-state index in [2.05, 4.69) is 0 Å². The Labute approximate surface area is 86.3 Å². The monoisotopic (exact) mass is 221 g/mol. The third-order valence-electron chi connectivity index (χ3n) is 2.89. The normalized spacial score (nSPS) is 28.4. The third-order valence-corrected chi connectivity index (χ3v) is 2.89. The van der Waals surface area contributed by atoms with Crippen LogP contribution >= 0.6 is 0 Å². The van der Waals surface area contributed by atoms with E-state index in [1.54, 1.807) is 18.1 Å². The number of hydrazine groups is 1. The Kier molecular flexibility index (Phi) is 2.33. The highest BCUT2D eigenvalue weighted by Gasteiger charge is 2.42. The number of rotatable bonds is 2. The lowest BCUT2D eigenvalue weighted by atomic mass is 10.2. The molecule has 1 aliphatic heterocycles. The van der Waals surface area contributed by atoms with Crippen LogP contribution in [0.25, 0.3) is 0 Å². The van der Waals surface area contributed by atoms with Crippen molar-refractivity contribution in [1.82, 2.24) is 10.0 Å². The fourth-order valence-corrected chi connectivity index (χ4v) is 1.96. The Hall–Kier alpha value is -0.910. The predicted octanol–water partition coefficient (Wildman–Crippen LogP) is 1.29. The lowest BCUT2D eigenvalue weighted by Gasteiger charge is -2.31. The molecule has 1 unspecified atom stereocenters. The van der Waals surface area contributed by atoms with Gasteiger partial charge >= 0.3 is 6.18 Å². The van der Waals surface area contributed by atoms with Crippen LogP contribution in [0.2, 0.25) is 0 Å². The van der Waals surface area contributed by atoms with Gasteiger partial charge in [-0.2, -0.15) is 13.2 Å². The van der Waals surface area contributed by atoms with E-state index in [1.807, 2.05) is 0 Å². The van der Waals surface area contributed by atoms with Crippen LogP contribution < -0.4 is 5.73 Å². The first kappa shape index (κ1) is 10.6. The van der Waals surface area contributed by atoms with Crippen LogP contribution in [0, 0.1) is 5.92 Å². The van der Waals surface area contributed by atoms with Gasteiger partial charge in [-0.1, -0.05) is 0 Å². The molecule has 0 bridgehead atoms. The van der Waals surface area contributed by atoms with Crippen LogP contribution in [-0.4, -0.2) is 35.8 Å². The average molecular weight is 221 g/mol. The van der Waals surface area contributed by atoms with Crippen molar-refractivity contribution in [1.29, 1.82) is 0 Å². The van der Waals surface area contributed by atoms with E-state index in [9.17, 15) is 13.2 Å². The van der Waals surface area contributed by atoms with Crippen molar-refractivity contribution >= 4 is 0 Å². The van der Waals surface area contributed by atoms with Crippen molar-refractivity contribution in [3.05, 3.63) is 11.9 Å². The summed E-state index contributed by atoms with van der Waals surface area (Å²) in [6.07, 6.45) is -0.328. The number of halogens is 3. The first-order chi connectivity index (χ1) is 6.88. The molecule has 0 saturated heterocycles. The van der Waals surface area contributed by atoms with E-state index >= 15 is 0 Å². The Morgan fingerprint density at radius 3 is 2.53 bits per heavy atom. The van der Waals surface area contributed by atoms with Crippen LogP contribution in [0.5, 0.6) is 0 Å². The predicted molar refractivity (Wildman–Crippen MR) is 49.3 cm³/mol. The topological polar surface area (TPSA) is 32.5 Å². The van der Waals surface area contributed by atoms with Crippen LogP contribution in [0.4, 0.5) is 13.2 Å². The highest BCUT2D eigenvalue weighted by Crippen LogP contribution is 2.39. The molecule has 0 amide bonds. The Bertz CT molecular complexity index is 283. The van der Waals surface area contributed by atoms with Crippen molar-refractivity contribution in [3.63, 3.8) is 0 Å². The van der Waals surface area contributed by atoms with E-state index in [4.69, 9.17) is 5.73 Å². The van der Waals surface area contributed by atoms with Gasteiger partial charge in [0, 0.05) is 7.05 Å². The smallest absolute Gasteiger partial charge is 0.385 e. The van der Waals surface area contributed by atoms with Crippen LogP contribution in [-0.2, 0) is 0 Å². The molecule has 1 heterocycles. The maximum absolute atomic E-state index is 12.2. The molecule has 0 aromatic rings. The molecular formula is C9H14F3N3. The number of nitrogens with two attached hydrogens (primary N) is 1. The SMILES string of the molecule is CN1C(C2CC2)C=C(N)N1CC(F)(F)F. The minimum Gasteiger partial charge on any atom is -0.385 e. The van der Waals surface area contributed by atoms with Crippen LogP contribution in [0.1, 0.15) is 12.8 Å². The third kappa shape index (κ3) is 2.19. The zero-order valence-corrected chi connectivity index (χ0v) is 8.46. The largest absolute Gasteiger partial charge is 0.407 e. The van der Waals surface area contributed by atoms with E-state index in [-0.39, 0.29) is 11.9 Å². The minimum atomic E-state index is -4.22. The summed E-state index contributed by atoms with van der Waals surface area (Å²) in [5.74, 6) is 0.693. The van der Waals surface area contributed by atoms with Gasteiger partial charge in [0.25, 0.3) is 0 Å². The molecule has 1 saturated carbocycles. The summed E-state index contributed by atoms with van der Waals surface area (Å²) in [7, 11) is 1.66. The molecule has 0 aromatic carbocycles. The van der Waals surface area contributed by atoms with Gasteiger partial charge in [0.1, 0.15) is 12.4 Å². The molecule has 0 aromatic heterocycles. The van der Waals surface area contributed by atoms with E-state index in [0.717, 1.165) is 17.9 Å². The van der Waals surface area contributed by atoms with Crippen molar-refractivity contribution in [3.8, 4) is 0 Å². The Morgan fingerprint density at radius 2 is 2.07 bits per heavy atom. The van der Waals surface area contributed by atoms with E-state index in [1.165, 1.54) is 0 Å². The van der Waals surface area contributed by atoms with Crippen molar-refractivity contribution in [2.24, 2.45) is 11.7 Å². The fraction of sp³-hybridized carbons (Fsp3) is 0.778. The first-order valence-electron chi connectivity index (χ1n) is 4.93. The molecule has 3 nitrogen and oxygen atoms in total. The fourth-order valence-electron chi connectivity index (χ4n) is 1.96. The zero-order chi connectivity index (χ0) is 11.2. The van der Waals surface area contributed by atoms with Gasteiger partial charge in [-0.15, -0.1) is 0 Å². The second-order valence-corrected chi connectivity index (χ2v) is 4.17. The number of alkyl halides is 3. The van der Waals surface area contributed by atoms with Gasteiger partial charge in [-0.25, -0.2) is 5.01 Å². The average Bonchev–Trinajstić information content (AvgIpc) is 2.87. The molecule has 2 aliphatic rings. The standard InChI is InChI=1S/C9H14F3N3/c1-14-7(6-2-3-6)4-8(13)15(14)5-9(10,11)12/h4,6-7H,2-3,5,13H2,1H3. The highest BCUT2D eigenvalue weighted by atomic mass is 19.4. The molecular weight excluding hydrogens is 207 g/mol. The Morgan fingerprint density at radius 1 is 1.47 bits per heavy atom. The lowest BCUT2D eigenvalue weighted by molar-refractivity contribution is -0.168. The quantitative estimate of drug-likeness (QED) is 0.762. The molecule has 15 heavy (non-hydrogen) atoms. The van der Waals surface area contributed by atoms with Gasteiger partial charge in [-0.3, -0.25) is 5.01 Å². The molecule has 0 spiro atoms. The summed E-state index contributed by atoms with van der Waals surface area (Å²) in [4.78, 5) is 0. The van der Waals surface area contributed by atoms with Gasteiger partial charge in [0.2, 0.25) is 0 Å². The maximum atomic E-state index is 12.2. The van der Waals surface area contributed by atoms with Crippen LogP contribution in [0.15, 0.2) is 11.9 Å². The molecule has 1 aliphatic carbocycles. The molecule has 0 radical (unpaired) electrons. The molecule has 1 fully saturated rings. The second-order valence-electron chi connectivity index (χ2n) is 4.17. The van der Waals surface area contributed by atoms with E-state index < -0.39 is 12.7 Å². The summed E-state index contributed by atoms with van der Waals surface area (Å²) < 4.78 is 36.7. The zero-order valence-electron chi connectivity index (χ0n) is 8.46. The summed E-state index contributed by atoms with van der Waals surface area (Å²) in [6, 6.07) is 0.0485. The number of hydrogen-bond acceptors (Lipinski definition) is 3. The molecule has 6 heteroatoms. The molecule has 2 rings (SSSR count). The minimum absolute atomic E-state index is 0.0485. The van der Waals surface area contributed by atoms with Crippen molar-refractivity contribution < 1.29 is 13.2 Å². The summed E-state index contributed by atoms with van der Waals surface area (Å²) in [5, 5.41) is 2.70. The van der Waals surface area contributed by atoms with E-state index in [0.29, 0.717) is 5.92 Å². The van der Waals surface area contributed by atoms with Gasteiger partial charge in [0.05, 0.1) is 6.04 Å². The molecule has 86 valence electrons. The number of nitrogens with zero attached hydrogens (tertiary/aromatic N) is 2. The Balaban J connectivity index is 2.04. The first-order valence-corrected chi connectivity index (χ1v) is 4.93. The number of hydrogen-bond donors (Lipinski definition) is 1. The van der Waals surface area contributed by atoms with Gasteiger partial charge in [0.15, 0.2) is 0 Å². The van der Waals surface area contributed by atoms with Gasteiger partial charge in [-0.05, 0) is 24.8 Å². The maximum Gasteiger partial charge on any atom is 0.407 e. The van der Waals surface area contributed by atoms with Crippen LogP contribution in [0.3, 0.4) is 0 Å².